The quantitative estimate of drug-likeness (QED) is 0.268. The van der Waals surface area contributed by atoms with Gasteiger partial charge in [-0.05, 0) is 105 Å². The van der Waals surface area contributed by atoms with E-state index in [1.54, 1.807) is 0 Å². The van der Waals surface area contributed by atoms with Crippen LogP contribution in [0.25, 0.3) is 5.69 Å². The van der Waals surface area contributed by atoms with Crippen molar-refractivity contribution in [3.8, 4) is 5.69 Å². The van der Waals surface area contributed by atoms with Crippen LogP contribution in [-0.2, 0) is 0 Å². The van der Waals surface area contributed by atoms with Crippen LogP contribution in [0.2, 0.25) is 5.02 Å². The van der Waals surface area contributed by atoms with E-state index >= 15 is 0 Å². The van der Waals surface area contributed by atoms with Gasteiger partial charge in [-0.1, -0.05) is 33.6 Å². The molecule has 2 aromatic heterocycles. The van der Waals surface area contributed by atoms with E-state index in [4.69, 9.17) is 23.8 Å². The molecule has 4 nitrogen and oxygen atoms in total. The second kappa shape index (κ2) is 9.17. The molecular formula is C27H24BrClN4S. The number of nitrogens with one attached hydrogen (secondary N) is 1. The van der Waals surface area contributed by atoms with Crippen LogP contribution in [0.15, 0.2) is 77.4 Å². The van der Waals surface area contributed by atoms with Crippen molar-refractivity contribution in [1.82, 2.24) is 14.9 Å². The van der Waals surface area contributed by atoms with Crippen molar-refractivity contribution in [2.24, 2.45) is 0 Å². The fourth-order valence-electron chi connectivity index (χ4n) is 4.80. The molecule has 5 rings (SSSR count). The molecule has 1 fully saturated rings. The minimum Gasteiger partial charge on any atom is -0.351 e. The van der Waals surface area contributed by atoms with Gasteiger partial charge in [-0.2, -0.15) is 0 Å². The highest BCUT2D eigenvalue weighted by molar-refractivity contribution is 9.10. The van der Waals surface area contributed by atoms with Crippen LogP contribution in [0.5, 0.6) is 0 Å². The summed E-state index contributed by atoms with van der Waals surface area (Å²) < 4.78 is 3.35. The van der Waals surface area contributed by atoms with Crippen molar-refractivity contribution in [3.63, 3.8) is 0 Å². The first-order chi connectivity index (χ1) is 16.3. The molecule has 0 unspecified atom stereocenters. The lowest BCUT2D eigenvalue weighted by Crippen LogP contribution is -2.29. The fraction of sp³-hybridized carbons (Fsp3) is 0.185. The number of hydrogen-bond donors (Lipinski definition) is 1. The Morgan fingerprint density at radius 1 is 0.971 bits per heavy atom. The molecule has 0 aliphatic carbocycles. The summed E-state index contributed by atoms with van der Waals surface area (Å²) >= 11 is 15.7. The molecule has 1 N–H and O–H groups in total. The van der Waals surface area contributed by atoms with Crippen molar-refractivity contribution in [2.75, 3.05) is 4.90 Å². The predicted octanol–water partition coefficient (Wildman–Crippen LogP) is 7.39. The Morgan fingerprint density at radius 3 is 2.38 bits per heavy atom. The van der Waals surface area contributed by atoms with E-state index in [9.17, 15) is 0 Å². The summed E-state index contributed by atoms with van der Waals surface area (Å²) in [7, 11) is 0. The summed E-state index contributed by atoms with van der Waals surface area (Å²) in [5.74, 6) is 0. The minimum atomic E-state index is -0.0863. The van der Waals surface area contributed by atoms with Gasteiger partial charge in [-0.15, -0.1) is 0 Å². The van der Waals surface area contributed by atoms with Gasteiger partial charge in [0.05, 0.1) is 17.8 Å². The van der Waals surface area contributed by atoms with Gasteiger partial charge in [0.2, 0.25) is 0 Å². The summed E-state index contributed by atoms with van der Waals surface area (Å²) in [4.78, 5) is 6.90. The summed E-state index contributed by atoms with van der Waals surface area (Å²) in [6.45, 7) is 6.40. The molecular weight excluding hydrogens is 528 g/mol. The van der Waals surface area contributed by atoms with Crippen molar-refractivity contribution in [1.29, 1.82) is 0 Å². The zero-order valence-corrected chi connectivity index (χ0v) is 22.2. The van der Waals surface area contributed by atoms with Crippen LogP contribution in [-0.4, -0.2) is 14.7 Å². The van der Waals surface area contributed by atoms with E-state index in [-0.39, 0.29) is 12.1 Å². The molecule has 2 aromatic carbocycles. The van der Waals surface area contributed by atoms with Crippen molar-refractivity contribution < 1.29 is 0 Å². The zero-order valence-electron chi connectivity index (χ0n) is 19.1. The van der Waals surface area contributed by atoms with Gasteiger partial charge in [0.1, 0.15) is 0 Å². The Bertz CT molecular complexity index is 1370. The number of rotatable bonds is 4. The van der Waals surface area contributed by atoms with E-state index < -0.39 is 0 Å². The molecule has 0 bridgehead atoms. The van der Waals surface area contributed by atoms with Crippen LogP contribution in [0, 0.1) is 20.8 Å². The van der Waals surface area contributed by atoms with E-state index in [1.165, 1.54) is 5.56 Å². The number of nitrogens with zero attached hydrogens (tertiary/aromatic N) is 3. The molecule has 34 heavy (non-hydrogen) atoms. The maximum Gasteiger partial charge on any atom is 0.174 e. The summed E-state index contributed by atoms with van der Waals surface area (Å²) in [6.07, 6.45) is 1.83. The smallest absolute Gasteiger partial charge is 0.174 e. The van der Waals surface area contributed by atoms with Crippen molar-refractivity contribution in [3.05, 3.63) is 111 Å². The highest BCUT2D eigenvalue weighted by atomic mass is 79.9. The van der Waals surface area contributed by atoms with Crippen molar-refractivity contribution in [2.45, 2.75) is 32.9 Å². The first-order valence-corrected chi connectivity index (χ1v) is 12.6. The molecule has 2 atom stereocenters. The minimum absolute atomic E-state index is 0.0600. The van der Waals surface area contributed by atoms with E-state index in [2.05, 4.69) is 98.9 Å². The molecule has 3 heterocycles. The molecule has 0 spiro atoms. The van der Waals surface area contributed by atoms with Crippen LogP contribution < -0.4 is 10.2 Å². The largest absolute Gasteiger partial charge is 0.351 e. The molecule has 0 radical (unpaired) electrons. The third-order valence-electron chi connectivity index (χ3n) is 6.39. The SMILES string of the molecule is Cc1cc(N2C(=S)N[C@H](c3ccccn3)[C@H]2c2cc(C)n(-c3ccc(Cl)cc3)c2C)ccc1Br. The molecule has 0 amide bonds. The summed E-state index contributed by atoms with van der Waals surface area (Å²) in [5, 5.41) is 4.98. The Labute approximate surface area is 218 Å². The third kappa shape index (κ3) is 4.04. The average Bonchev–Trinajstić information content (AvgIpc) is 3.32. The number of benzene rings is 2. The van der Waals surface area contributed by atoms with Gasteiger partial charge in [0.25, 0.3) is 0 Å². The molecule has 1 saturated heterocycles. The van der Waals surface area contributed by atoms with Crippen LogP contribution in [0.4, 0.5) is 5.69 Å². The lowest BCUT2D eigenvalue weighted by atomic mass is 9.96. The molecule has 4 aromatic rings. The lowest BCUT2D eigenvalue weighted by molar-refractivity contribution is 0.565. The first kappa shape index (κ1) is 23.1. The van der Waals surface area contributed by atoms with E-state index in [0.29, 0.717) is 5.11 Å². The highest BCUT2D eigenvalue weighted by Gasteiger charge is 2.42. The van der Waals surface area contributed by atoms with Gasteiger partial charge < -0.3 is 14.8 Å². The Morgan fingerprint density at radius 2 is 1.71 bits per heavy atom. The number of thiocarbonyl (C=S) groups is 1. The Kier molecular flexibility index (Phi) is 6.23. The summed E-state index contributed by atoms with van der Waals surface area (Å²) in [6, 6.07) is 22.4. The second-order valence-electron chi connectivity index (χ2n) is 8.57. The Hall–Kier alpha value is -2.67. The zero-order chi connectivity index (χ0) is 24.0. The second-order valence-corrected chi connectivity index (χ2v) is 10.2. The topological polar surface area (TPSA) is 33.1 Å². The Balaban J connectivity index is 1.68. The molecule has 172 valence electrons. The van der Waals surface area contributed by atoms with Gasteiger partial charge in [-0.3, -0.25) is 4.98 Å². The van der Waals surface area contributed by atoms with E-state index in [1.807, 2.05) is 30.5 Å². The molecule has 7 heteroatoms. The average molecular weight is 552 g/mol. The van der Waals surface area contributed by atoms with Gasteiger partial charge in [0, 0.05) is 38.5 Å². The standard InChI is InChI=1S/C27H24BrClN4S/c1-16-14-21(11-12-23(16)28)33-26(25(31-27(33)34)24-6-4-5-13-30-24)22-15-17(2)32(18(22)3)20-9-7-19(29)8-10-20/h4-15,25-26H,1-3H3,(H,31,34)/t25-,26-/m1/s1. The number of aryl methyl sites for hydroxylation is 2. The number of hydrogen-bond acceptors (Lipinski definition) is 2. The molecule has 0 saturated carbocycles. The van der Waals surface area contributed by atoms with Gasteiger partial charge in [-0.25, -0.2) is 0 Å². The van der Waals surface area contributed by atoms with E-state index in [0.717, 1.165) is 43.5 Å². The van der Waals surface area contributed by atoms with Crippen LogP contribution in [0.3, 0.4) is 0 Å². The maximum absolute atomic E-state index is 6.15. The normalized spacial score (nSPS) is 17.8. The number of halogens is 2. The molecule has 1 aliphatic heterocycles. The number of aromatic nitrogens is 2. The number of pyridine rings is 1. The van der Waals surface area contributed by atoms with Crippen LogP contribution in [0.1, 0.15) is 40.3 Å². The fourth-order valence-corrected chi connectivity index (χ4v) is 5.52. The monoisotopic (exact) mass is 550 g/mol. The molecule has 1 aliphatic rings. The highest BCUT2D eigenvalue weighted by Crippen LogP contribution is 2.44. The van der Waals surface area contributed by atoms with Crippen molar-refractivity contribution >= 4 is 50.5 Å². The first-order valence-electron chi connectivity index (χ1n) is 11.1. The lowest BCUT2D eigenvalue weighted by Gasteiger charge is -2.28. The predicted molar refractivity (Wildman–Crippen MR) is 147 cm³/mol. The van der Waals surface area contributed by atoms with Gasteiger partial charge >= 0.3 is 0 Å². The van der Waals surface area contributed by atoms with Gasteiger partial charge in [0.15, 0.2) is 5.11 Å². The van der Waals surface area contributed by atoms with Crippen LogP contribution >= 0.6 is 39.7 Å². The number of anilines is 1. The third-order valence-corrected chi connectivity index (χ3v) is 7.85. The summed E-state index contributed by atoms with van der Waals surface area (Å²) in [5.41, 5.74) is 7.78. The maximum atomic E-state index is 6.15.